The van der Waals surface area contributed by atoms with Crippen molar-refractivity contribution in [2.24, 2.45) is 5.92 Å². The first-order valence-electron chi connectivity index (χ1n) is 11.0. The van der Waals surface area contributed by atoms with Crippen molar-refractivity contribution < 1.29 is 23.8 Å². The number of hydrogen-bond acceptors (Lipinski definition) is 7. The topological polar surface area (TPSA) is 105 Å². The van der Waals surface area contributed by atoms with Gasteiger partial charge in [-0.2, -0.15) is 5.10 Å². The van der Waals surface area contributed by atoms with Gasteiger partial charge in [-0.3, -0.25) is 4.79 Å². The fraction of sp³-hybridized carbons (Fsp3) is 0.417. The van der Waals surface area contributed by atoms with Gasteiger partial charge in [-0.15, -0.1) is 0 Å². The summed E-state index contributed by atoms with van der Waals surface area (Å²) in [7, 11) is 0. The first-order chi connectivity index (χ1) is 15.8. The van der Waals surface area contributed by atoms with E-state index < -0.39 is 18.5 Å². The van der Waals surface area contributed by atoms with Crippen LogP contribution in [0.5, 0.6) is 11.5 Å². The van der Waals surface area contributed by atoms with Gasteiger partial charge in [-0.1, -0.05) is 19.9 Å². The van der Waals surface area contributed by atoms with E-state index in [0.717, 1.165) is 10.9 Å². The van der Waals surface area contributed by atoms with Crippen molar-refractivity contribution in [1.29, 1.82) is 0 Å². The van der Waals surface area contributed by atoms with Crippen LogP contribution in [0.25, 0.3) is 11.0 Å². The van der Waals surface area contributed by atoms with Crippen LogP contribution >= 0.6 is 0 Å². The van der Waals surface area contributed by atoms with Crippen LogP contribution in [0.3, 0.4) is 0 Å². The number of rotatable bonds is 7. The van der Waals surface area contributed by atoms with Crippen LogP contribution in [0.15, 0.2) is 36.7 Å². The van der Waals surface area contributed by atoms with E-state index in [1.807, 2.05) is 45.9 Å². The Balaban J connectivity index is 1.39. The van der Waals surface area contributed by atoms with Crippen LogP contribution in [0, 0.1) is 5.92 Å². The molecule has 0 saturated heterocycles. The molecule has 0 spiro atoms. The second-order valence-electron chi connectivity index (χ2n) is 8.59. The molecule has 1 atom stereocenters. The molecule has 1 aliphatic heterocycles. The summed E-state index contributed by atoms with van der Waals surface area (Å²) < 4.78 is 18.2. The Hall–Kier alpha value is -3.62. The van der Waals surface area contributed by atoms with Gasteiger partial charge in [0.05, 0.1) is 17.8 Å². The number of nitrogens with zero attached hydrogens (tertiary/aromatic N) is 3. The minimum atomic E-state index is -0.614. The van der Waals surface area contributed by atoms with Crippen molar-refractivity contribution in [3.05, 3.63) is 47.8 Å². The van der Waals surface area contributed by atoms with Crippen molar-refractivity contribution in [1.82, 2.24) is 20.1 Å². The number of carbonyl (C=O) groups excluding carboxylic acids is 2. The van der Waals surface area contributed by atoms with Gasteiger partial charge in [0.15, 0.2) is 23.8 Å². The standard InChI is InChI=1S/C24H28N4O5/c1-14(2)22(16-5-6-19-20(10-16)32-8-7-31-19)27-21(29)13-33-24(30)18-9-17-12-26-28(15(3)4)23(17)25-11-18/h5-6,9-12,14-15,22H,7-8,13H2,1-4H3,(H,27,29)/t22-/m1/s1. The van der Waals surface area contributed by atoms with E-state index in [2.05, 4.69) is 15.4 Å². The fourth-order valence-corrected chi connectivity index (χ4v) is 3.75. The molecular weight excluding hydrogens is 424 g/mol. The third-order valence-electron chi connectivity index (χ3n) is 5.40. The van der Waals surface area contributed by atoms with Gasteiger partial charge in [-0.05, 0) is 43.5 Å². The first-order valence-corrected chi connectivity index (χ1v) is 11.0. The lowest BCUT2D eigenvalue weighted by atomic mass is 9.95. The molecule has 174 valence electrons. The number of hydrogen-bond donors (Lipinski definition) is 1. The lowest BCUT2D eigenvalue weighted by Gasteiger charge is -2.25. The summed E-state index contributed by atoms with van der Waals surface area (Å²) in [4.78, 5) is 29.4. The van der Waals surface area contributed by atoms with E-state index in [1.54, 1.807) is 16.9 Å². The summed E-state index contributed by atoms with van der Waals surface area (Å²) in [5.41, 5.74) is 1.86. The maximum absolute atomic E-state index is 12.6. The number of amides is 1. The molecule has 4 rings (SSSR count). The predicted molar refractivity (Wildman–Crippen MR) is 121 cm³/mol. The predicted octanol–water partition coefficient (Wildman–Crippen LogP) is 3.45. The zero-order chi connectivity index (χ0) is 23.5. The van der Waals surface area contributed by atoms with Gasteiger partial charge >= 0.3 is 5.97 Å². The van der Waals surface area contributed by atoms with E-state index in [4.69, 9.17) is 14.2 Å². The van der Waals surface area contributed by atoms with Crippen molar-refractivity contribution in [2.45, 2.75) is 39.8 Å². The lowest BCUT2D eigenvalue weighted by Crippen LogP contribution is -2.35. The van der Waals surface area contributed by atoms with Crippen LogP contribution in [0.2, 0.25) is 0 Å². The van der Waals surface area contributed by atoms with E-state index in [1.165, 1.54) is 6.20 Å². The highest BCUT2D eigenvalue weighted by Gasteiger charge is 2.22. The maximum Gasteiger partial charge on any atom is 0.340 e. The first kappa shape index (κ1) is 22.6. The third kappa shape index (κ3) is 4.92. The summed E-state index contributed by atoms with van der Waals surface area (Å²) in [6, 6.07) is 7.18. The van der Waals surface area contributed by atoms with Crippen molar-refractivity contribution in [3.63, 3.8) is 0 Å². The normalized spacial score (nSPS) is 13.9. The Bertz CT molecular complexity index is 1170. The number of fused-ring (bicyclic) bond motifs is 2. The summed E-state index contributed by atoms with van der Waals surface area (Å²) in [5, 5.41) is 7.98. The van der Waals surface area contributed by atoms with E-state index in [9.17, 15) is 9.59 Å². The Kier molecular flexibility index (Phi) is 6.48. The largest absolute Gasteiger partial charge is 0.486 e. The Morgan fingerprint density at radius 2 is 1.85 bits per heavy atom. The molecule has 3 aromatic rings. The second kappa shape index (κ2) is 9.48. The zero-order valence-electron chi connectivity index (χ0n) is 19.2. The molecule has 0 radical (unpaired) electrons. The van der Waals surface area contributed by atoms with Gasteiger partial charge < -0.3 is 19.5 Å². The number of pyridine rings is 1. The van der Waals surface area contributed by atoms with Crippen LogP contribution in [-0.4, -0.2) is 46.5 Å². The maximum atomic E-state index is 12.6. The van der Waals surface area contributed by atoms with Gasteiger partial charge in [0.25, 0.3) is 5.91 Å². The van der Waals surface area contributed by atoms with Crippen molar-refractivity contribution >= 4 is 22.9 Å². The molecule has 1 aromatic carbocycles. The van der Waals surface area contributed by atoms with E-state index >= 15 is 0 Å². The fourth-order valence-electron chi connectivity index (χ4n) is 3.75. The molecule has 9 heteroatoms. The molecule has 3 heterocycles. The molecule has 1 aliphatic rings. The third-order valence-corrected chi connectivity index (χ3v) is 5.40. The summed E-state index contributed by atoms with van der Waals surface area (Å²) >= 11 is 0. The smallest absolute Gasteiger partial charge is 0.340 e. The van der Waals surface area contributed by atoms with Gasteiger partial charge in [0.1, 0.15) is 13.2 Å². The van der Waals surface area contributed by atoms with Crippen LogP contribution in [0.4, 0.5) is 0 Å². The highest BCUT2D eigenvalue weighted by Crippen LogP contribution is 2.34. The zero-order valence-corrected chi connectivity index (χ0v) is 19.2. The lowest BCUT2D eigenvalue weighted by molar-refractivity contribution is -0.125. The van der Waals surface area contributed by atoms with E-state index in [-0.39, 0.29) is 23.6 Å². The number of ether oxygens (including phenoxy) is 3. The molecule has 9 nitrogen and oxygen atoms in total. The van der Waals surface area contributed by atoms with Gasteiger partial charge in [0, 0.05) is 17.6 Å². The van der Waals surface area contributed by atoms with Crippen LogP contribution < -0.4 is 14.8 Å². The molecule has 0 saturated carbocycles. The number of benzene rings is 1. The number of aromatic nitrogens is 3. The molecular formula is C24H28N4O5. The minimum absolute atomic E-state index is 0.108. The molecule has 0 bridgehead atoms. The number of esters is 1. The molecule has 1 N–H and O–H groups in total. The molecule has 1 amide bonds. The highest BCUT2D eigenvalue weighted by molar-refractivity contribution is 5.94. The summed E-state index contributed by atoms with van der Waals surface area (Å²) in [6.07, 6.45) is 3.10. The van der Waals surface area contributed by atoms with Crippen molar-refractivity contribution in [2.75, 3.05) is 19.8 Å². The minimum Gasteiger partial charge on any atom is -0.486 e. The Morgan fingerprint density at radius 1 is 1.09 bits per heavy atom. The number of carbonyl (C=O) groups is 2. The Labute approximate surface area is 192 Å². The summed E-state index contributed by atoms with van der Waals surface area (Å²) in [5.74, 6) is 0.457. The van der Waals surface area contributed by atoms with Crippen LogP contribution in [0.1, 0.15) is 55.7 Å². The monoisotopic (exact) mass is 452 g/mol. The molecule has 0 unspecified atom stereocenters. The van der Waals surface area contributed by atoms with Gasteiger partial charge in [-0.25, -0.2) is 14.5 Å². The average molecular weight is 453 g/mol. The molecule has 0 fully saturated rings. The molecule has 2 aromatic heterocycles. The SMILES string of the molecule is CC(C)[C@@H](NC(=O)COC(=O)c1cnc2c(cnn2C(C)C)c1)c1ccc2c(c1)OCCO2. The second-order valence-corrected chi connectivity index (χ2v) is 8.59. The number of nitrogens with one attached hydrogen (secondary N) is 1. The van der Waals surface area contributed by atoms with E-state index in [0.29, 0.717) is 30.4 Å². The average Bonchev–Trinajstić information content (AvgIpc) is 3.24. The highest BCUT2D eigenvalue weighted by atomic mass is 16.6. The Morgan fingerprint density at radius 3 is 2.58 bits per heavy atom. The quantitative estimate of drug-likeness (QED) is 0.548. The van der Waals surface area contributed by atoms with Gasteiger partial charge in [0.2, 0.25) is 0 Å². The molecule has 33 heavy (non-hydrogen) atoms. The van der Waals surface area contributed by atoms with Crippen molar-refractivity contribution in [3.8, 4) is 11.5 Å². The van der Waals surface area contributed by atoms with Crippen LogP contribution in [-0.2, 0) is 9.53 Å². The summed E-state index contributed by atoms with van der Waals surface area (Å²) in [6.45, 7) is 8.64. The molecule has 0 aliphatic carbocycles.